The van der Waals surface area contributed by atoms with Crippen molar-refractivity contribution in [2.45, 2.75) is 49.1 Å². The van der Waals surface area contributed by atoms with Crippen molar-refractivity contribution >= 4 is 29.7 Å². The molecule has 7 nitrogen and oxygen atoms in total. The number of thioether (sulfide) groups is 1. The predicted molar refractivity (Wildman–Crippen MR) is 110 cm³/mol. The lowest BCUT2D eigenvalue weighted by Gasteiger charge is -2.31. The summed E-state index contributed by atoms with van der Waals surface area (Å²) in [6.45, 7) is 3.40. The van der Waals surface area contributed by atoms with E-state index in [-0.39, 0.29) is 53.2 Å². The normalized spacial score (nSPS) is 14.8. The van der Waals surface area contributed by atoms with Gasteiger partial charge in [0.05, 0.1) is 6.61 Å². The van der Waals surface area contributed by atoms with Crippen molar-refractivity contribution < 1.29 is 32.3 Å². The number of carbonyl (C=O) groups is 3. The minimum Gasteiger partial charge on any atom is -0.450 e. The first-order valence-corrected chi connectivity index (χ1v) is 10.8. The number of hydrogen-bond donors (Lipinski definition) is 2. The molecule has 0 saturated carbocycles. The molecule has 2 N–H and O–H groups in total. The summed E-state index contributed by atoms with van der Waals surface area (Å²) < 4.78 is 41.9. The van der Waals surface area contributed by atoms with Gasteiger partial charge < -0.3 is 20.3 Å². The summed E-state index contributed by atoms with van der Waals surface area (Å²) in [6.07, 6.45) is 1.64. The van der Waals surface area contributed by atoms with Crippen LogP contribution in [-0.2, 0) is 9.53 Å². The van der Waals surface area contributed by atoms with Gasteiger partial charge in [0, 0.05) is 42.6 Å². The molecule has 0 bridgehead atoms. The molecule has 1 fully saturated rings. The Morgan fingerprint density at radius 1 is 1.16 bits per heavy atom. The highest BCUT2D eigenvalue weighted by Crippen LogP contribution is 2.36. The van der Waals surface area contributed by atoms with Crippen LogP contribution in [-0.4, -0.2) is 60.6 Å². The number of halogens is 3. The fraction of sp³-hybridized carbons (Fsp3) is 0.550. The largest absolute Gasteiger partial charge is 0.450 e. The average molecular weight is 462 g/mol. The molecule has 1 aliphatic rings. The summed E-state index contributed by atoms with van der Waals surface area (Å²) in [5, 5.41) is 5.58. The van der Waals surface area contributed by atoms with Crippen molar-refractivity contribution in [2.75, 3.05) is 26.2 Å². The molecule has 11 heteroatoms. The van der Waals surface area contributed by atoms with Crippen LogP contribution in [0, 0.1) is 0 Å². The van der Waals surface area contributed by atoms with Gasteiger partial charge in [0.25, 0.3) is 5.91 Å². The Bertz CT molecular complexity index is 751. The van der Waals surface area contributed by atoms with Gasteiger partial charge in [-0.25, -0.2) is 4.79 Å². The molecule has 172 valence electrons. The standard InChI is InChI=1S/C20H26F3N3O4S/c1-2-30-19(29)26-12-9-15(10-13-26)25-17(27)4-3-11-24-18(28)14-5-7-16(8-6-14)31-20(21,22)23/h5-8,15H,2-4,9-13H2,1H3,(H,24,28)(H,25,27). The molecule has 0 unspecified atom stereocenters. The van der Waals surface area contributed by atoms with E-state index in [1.165, 1.54) is 24.3 Å². The van der Waals surface area contributed by atoms with Crippen LogP contribution in [0.2, 0.25) is 0 Å². The Balaban J connectivity index is 1.62. The van der Waals surface area contributed by atoms with Gasteiger partial charge in [-0.3, -0.25) is 9.59 Å². The minimum atomic E-state index is -4.37. The molecule has 0 radical (unpaired) electrons. The summed E-state index contributed by atoms with van der Waals surface area (Å²) in [5.74, 6) is -0.535. The second-order valence-electron chi connectivity index (χ2n) is 6.96. The fourth-order valence-corrected chi connectivity index (χ4v) is 3.62. The first-order valence-electron chi connectivity index (χ1n) is 10.0. The van der Waals surface area contributed by atoms with Gasteiger partial charge in [-0.15, -0.1) is 0 Å². The Morgan fingerprint density at radius 3 is 2.39 bits per heavy atom. The molecular formula is C20H26F3N3O4S. The molecule has 0 spiro atoms. The van der Waals surface area contributed by atoms with Crippen molar-refractivity contribution in [1.29, 1.82) is 0 Å². The summed E-state index contributed by atoms with van der Waals surface area (Å²) in [5.41, 5.74) is -4.12. The van der Waals surface area contributed by atoms with Crippen LogP contribution in [0.4, 0.5) is 18.0 Å². The molecule has 31 heavy (non-hydrogen) atoms. The van der Waals surface area contributed by atoms with Crippen molar-refractivity contribution in [3.63, 3.8) is 0 Å². The number of rotatable bonds is 8. The van der Waals surface area contributed by atoms with Gasteiger partial charge in [-0.1, -0.05) is 0 Å². The van der Waals surface area contributed by atoms with E-state index in [0.717, 1.165) is 0 Å². The number of hydrogen-bond acceptors (Lipinski definition) is 5. The number of ether oxygens (including phenoxy) is 1. The van der Waals surface area contributed by atoms with Crippen molar-refractivity contribution in [3.8, 4) is 0 Å². The predicted octanol–water partition coefficient (Wildman–Crippen LogP) is 3.55. The van der Waals surface area contributed by atoms with Gasteiger partial charge in [0.15, 0.2) is 0 Å². The molecule has 1 saturated heterocycles. The van der Waals surface area contributed by atoms with Gasteiger partial charge in [-0.2, -0.15) is 13.2 Å². The zero-order valence-electron chi connectivity index (χ0n) is 17.2. The highest BCUT2D eigenvalue weighted by molar-refractivity contribution is 8.00. The molecule has 1 heterocycles. The Morgan fingerprint density at radius 2 is 1.81 bits per heavy atom. The zero-order valence-corrected chi connectivity index (χ0v) is 18.0. The van der Waals surface area contributed by atoms with Gasteiger partial charge in [0.2, 0.25) is 5.91 Å². The van der Waals surface area contributed by atoms with Crippen molar-refractivity contribution in [3.05, 3.63) is 29.8 Å². The number of nitrogens with one attached hydrogen (secondary N) is 2. The van der Waals surface area contributed by atoms with Crippen LogP contribution in [0.15, 0.2) is 29.2 Å². The van der Waals surface area contributed by atoms with Crippen LogP contribution < -0.4 is 10.6 Å². The van der Waals surface area contributed by atoms with Gasteiger partial charge in [-0.05, 0) is 62.2 Å². The Kier molecular flexibility index (Phi) is 9.47. The lowest BCUT2D eigenvalue weighted by atomic mass is 10.1. The van der Waals surface area contributed by atoms with E-state index in [4.69, 9.17) is 4.74 Å². The van der Waals surface area contributed by atoms with Crippen molar-refractivity contribution in [1.82, 2.24) is 15.5 Å². The van der Waals surface area contributed by atoms with Gasteiger partial charge in [0.1, 0.15) is 0 Å². The zero-order chi connectivity index (χ0) is 22.9. The average Bonchev–Trinajstić information content (AvgIpc) is 2.71. The van der Waals surface area contributed by atoms with Crippen LogP contribution in [0.3, 0.4) is 0 Å². The molecule has 1 aliphatic heterocycles. The smallest absolute Gasteiger partial charge is 0.446 e. The number of alkyl halides is 3. The van der Waals surface area contributed by atoms with E-state index in [1.54, 1.807) is 11.8 Å². The lowest BCUT2D eigenvalue weighted by Crippen LogP contribution is -2.46. The molecule has 1 aromatic rings. The third kappa shape index (κ3) is 9.07. The highest BCUT2D eigenvalue weighted by atomic mass is 32.2. The van der Waals surface area contributed by atoms with E-state index < -0.39 is 11.4 Å². The number of nitrogens with zero attached hydrogens (tertiary/aromatic N) is 1. The molecule has 3 amide bonds. The molecule has 2 rings (SSSR count). The second-order valence-corrected chi connectivity index (χ2v) is 8.10. The molecule has 1 aromatic carbocycles. The number of piperidine rings is 1. The number of likely N-dealkylation sites (tertiary alicyclic amines) is 1. The minimum absolute atomic E-state index is 0.000787. The molecule has 0 aromatic heterocycles. The molecule has 0 aliphatic carbocycles. The first kappa shape index (κ1) is 24.8. The number of carbonyl (C=O) groups excluding carboxylic acids is 3. The summed E-state index contributed by atoms with van der Waals surface area (Å²) in [7, 11) is 0. The van der Waals surface area contributed by atoms with Crippen LogP contribution in [0.25, 0.3) is 0 Å². The van der Waals surface area contributed by atoms with Gasteiger partial charge >= 0.3 is 11.6 Å². The highest BCUT2D eigenvalue weighted by Gasteiger charge is 2.29. The topological polar surface area (TPSA) is 87.7 Å². The maximum absolute atomic E-state index is 12.3. The maximum atomic E-state index is 12.3. The summed E-state index contributed by atoms with van der Waals surface area (Å²) in [6, 6.07) is 5.15. The monoisotopic (exact) mass is 461 g/mol. The van der Waals surface area contributed by atoms with E-state index in [0.29, 0.717) is 39.0 Å². The third-order valence-electron chi connectivity index (χ3n) is 4.60. The summed E-state index contributed by atoms with van der Waals surface area (Å²) in [4.78, 5) is 37.4. The van der Waals surface area contributed by atoms with Crippen molar-refractivity contribution in [2.24, 2.45) is 0 Å². The second kappa shape index (κ2) is 11.8. The summed E-state index contributed by atoms with van der Waals surface area (Å²) >= 11 is -0.238. The maximum Gasteiger partial charge on any atom is 0.446 e. The number of amides is 3. The van der Waals surface area contributed by atoms with E-state index in [2.05, 4.69) is 10.6 Å². The SMILES string of the molecule is CCOC(=O)N1CCC(NC(=O)CCCNC(=O)c2ccc(SC(F)(F)F)cc2)CC1. The van der Waals surface area contributed by atoms with E-state index >= 15 is 0 Å². The van der Waals surface area contributed by atoms with Crippen LogP contribution in [0.1, 0.15) is 43.0 Å². The van der Waals surface area contributed by atoms with Crippen LogP contribution in [0.5, 0.6) is 0 Å². The molecule has 0 atom stereocenters. The Hall–Kier alpha value is -2.43. The fourth-order valence-electron chi connectivity index (χ4n) is 3.08. The quantitative estimate of drug-likeness (QED) is 0.457. The first-order chi connectivity index (χ1) is 14.7. The Labute approximate surface area is 183 Å². The lowest BCUT2D eigenvalue weighted by molar-refractivity contribution is -0.122. The van der Waals surface area contributed by atoms with E-state index in [9.17, 15) is 27.6 Å². The molecular weight excluding hydrogens is 435 g/mol. The number of benzene rings is 1. The van der Waals surface area contributed by atoms with E-state index in [1.807, 2.05) is 0 Å². The third-order valence-corrected chi connectivity index (χ3v) is 5.34. The van der Waals surface area contributed by atoms with Crippen LogP contribution >= 0.6 is 11.8 Å².